The molecule has 0 N–H and O–H groups in total. The first-order chi connectivity index (χ1) is 15.4. The van der Waals surface area contributed by atoms with E-state index in [2.05, 4.69) is 105 Å². The standard InChI is InChI=1S/C28H24BNO2/c1-27(2)28(3,4)32-29(31-27)22-13-8-10-19-17(22)15-16-24-25(19)21-12-7-11-20-18-9-5-6-14-23(18)30(24)26(20)21/h5-16H,1-4H3. The van der Waals surface area contributed by atoms with Crippen molar-refractivity contribution in [2.75, 3.05) is 0 Å². The van der Waals surface area contributed by atoms with Crippen LogP contribution in [0.1, 0.15) is 27.7 Å². The highest BCUT2D eigenvalue weighted by Gasteiger charge is 2.52. The molecule has 3 nitrogen and oxygen atoms in total. The molecule has 4 heteroatoms. The molecule has 32 heavy (non-hydrogen) atoms. The van der Waals surface area contributed by atoms with Gasteiger partial charge in [-0.15, -0.1) is 0 Å². The molecule has 1 aliphatic rings. The van der Waals surface area contributed by atoms with Gasteiger partial charge in [-0.05, 0) is 56.1 Å². The van der Waals surface area contributed by atoms with E-state index in [0.717, 1.165) is 5.46 Å². The Kier molecular flexibility index (Phi) is 3.37. The summed E-state index contributed by atoms with van der Waals surface area (Å²) in [6.07, 6.45) is 0. The molecule has 0 aliphatic carbocycles. The van der Waals surface area contributed by atoms with Crippen molar-refractivity contribution in [2.45, 2.75) is 38.9 Å². The van der Waals surface area contributed by atoms with Gasteiger partial charge in [-0.3, -0.25) is 0 Å². The van der Waals surface area contributed by atoms with E-state index in [9.17, 15) is 0 Å². The van der Waals surface area contributed by atoms with Gasteiger partial charge in [0.25, 0.3) is 0 Å². The third kappa shape index (κ3) is 2.14. The fraction of sp³-hybridized carbons (Fsp3) is 0.214. The molecule has 4 aromatic carbocycles. The molecule has 2 aromatic heterocycles. The van der Waals surface area contributed by atoms with E-state index in [1.807, 2.05) is 0 Å². The van der Waals surface area contributed by atoms with Gasteiger partial charge < -0.3 is 13.7 Å². The molecule has 1 fully saturated rings. The van der Waals surface area contributed by atoms with E-state index >= 15 is 0 Å². The highest BCUT2D eigenvalue weighted by atomic mass is 16.7. The number of nitrogens with zero attached hydrogens (tertiary/aromatic N) is 1. The second kappa shape index (κ2) is 5.83. The first-order valence-electron chi connectivity index (χ1n) is 11.3. The number of fused-ring (bicyclic) bond motifs is 8. The summed E-state index contributed by atoms with van der Waals surface area (Å²) < 4.78 is 15.3. The molecule has 0 spiro atoms. The van der Waals surface area contributed by atoms with Crippen LogP contribution >= 0.6 is 0 Å². The first kappa shape index (κ1) is 18.5. The largest absolute Gasteiger partial charge is 0.495 e. The average molecular weight is 417 g/mol. The summed E-state index contributed by atoms with van der Waals surface area (Å²) >= 11 is 0. The van der Waals surface area contributed by atoms with E-state index in [4.69, 9.17) is 9.31 Å². The Balaban J connectivity index is 1.58. The van der Waals surface area contributed by atoms with Crippen LogP contribution in [0.15, 0.2) is 72.8 Å². The van der Waals surface area contributed by atoms with Gasteiger partial charge in [-0.1, -0.05) is 60.7 Å². The summed E-state index contributed by atoms with van der Waals surface area (Å²) in [5.74, 6) is 0. The van der Waals surface area contributed by atoms with Crippen molar-refractivity contribution in [1.82, 2.24) is 4.40 Å². The summed E-state index contributed by atoms with van der Waals surface area (Å²) in [5.41, 5.74) is 4.18. The lowest BCUT2D eigenvalue weighted by molar-refractivity contribution is 0.00578. The first-order valence-corrected chi connectivity index (χ1v) is 11.3. The van der Waals surface area contributed by atoms with Gasteiger partial charge in [-0.2, -0.15) is 0 Å². The minimum absolute atomic E-state index is 0.362. The van der Waals surface area contributed by atoms with Gasteiger partial charge >= 0.3 is 7.12 Å². The Hall–Kier alpha value is -3.08. The van der Waals surface area contributed by atoms with Gasteiger partial charge in [0.2, 0.25) is 0 Å². The van der Waals surface area contributed by atoms with Crippen molar-refractivity contribution >= 4 is 61.4 Å². The quantitative estimate of drug-likeness (QED) is 0.294. The maximum atomic E-state index is 6.41. The van der Waals surface area contributed by atoms with Crippen LogP contribution in [0.2, 0.25) is 0 Å². The molecule has 0 saturated carbocycles. The zero-order valence-corrected chi connectivity index (χ0v) is 18.8. The lowest BCUT2D eigenvalue weighted by atomic mass is 9.75. The number of hydrogen-bond acceptors (Lipinski definition) is 2. The fourth-order valence-electron chi connectivity index (χ4n) is 5.49. The minimum Gasteiger partial charge on any atom is -0.399 e. The lowest BCUT2D eigenvalue weighted by Gasteiger charge is -2.32. The number of aromatic nitrogens is 1. The summed E-state index contributed by atoms with van der Waals surface area (Å²) in [6.45, 7) is 8.42. The topological polar surface area (TPSA) is 22.9 Å². The van der Waals surface area contributed by atoms with Gasteiger partial charge in [0.1, 0.15) is 0 Å². The van der Waals surface area contributed by atoms with Crippen LogP contribution in [-0.4, -0.2) is 22.7 Å². The Labute approximate surface area is 187 Å². The monoisotopic (exact) mass is 417 g/mol. The zero-order valence-electron chi connectivity index (χ0n) is 18.8. The highest BCUT2D eigenvalue weighted by Crippen LogP contribution is 2.42. The minimum atomic E-state index is -0.376. The second-order valence-electron chi connectivity index (χ2n) is 10.0. The van der Waals surface area contributed by atoms with Crippen LogP contribution in [0.25, 0.3) is 48.9 Å². The third-order valence-corrected chi connectivity index (χ3v) is 7.79. The molecule has 0 amide bonds. The van der Waals surface area contributed by atoms with E-state index < -0.39 is 0 Å². The Morgan fingerprint density at radius 1 is 0.594 bits per heavy atom. The van der Waals surface area contributed by atoms with Crippen LogP contribution in [0, 0.1) is 0 Å². The predicted molar refractivity (Wildman–Crippen MR) is 134 cm³/mol. The number of benzene rings is 4. The SMILES string of the molecule is CC1(C)OB(c2cccc3c2ccc2c3c3cccc4c5ccccc5n2c43)OC1(C)C. The zero-order chi connectivity index (χ0) is 21.8. The Morgan fingerprint density at radius 3 is 2.06 bits per heavy atom. The van der Waals surface area contributed by atoms with Crippen molar-refractivity contribution in [3.8, 4) is 0 Å². The normalized spacial score (nSPS) is 18.2. The smallest absolute Gasteiger partial charge is 0.399 e. The van der Waals surface area contributed by atoms with Crippen molar-refractivity contribution < 1.29 is 9.31 Å². The van der Waals surface area contributed by atoms with E-state index in [0.29, 0.717) is 0 Å². The molecule has 0 radical (unpaired) electrons. The molecule has 6 aromatic rings. The summed E-state index contributed by atoms with van der Waals surface area (Å²) in [4.78, 5) is 0. The molecule has 156 valence electrons. The molecule has 0 bridgehead atoms. The molecule has 1 aliphatic heterocycles. The number of para-hydroxylation sites is 2. The fourth-order valence-corrected chi connectivity index (χ4v) is 5.49. The van der Waals surface area contributed by atoms with Crippen LogP contribution in [0.3, 0.4) is 0 Å². The molecule has 0 unspecified atom stereocenters. The van der Waals surface area contributed by atoms with E-state index in [-0.39, 0.29) is 18.3 Å². The molecule has 1 saturated heterocycles. The molecule has 3 heterocycles. The maximum absolute atomic E-state index is 6.41. The van der Waals surface area contributed by atoms with Gasteiger partial charge in [0.05, 0.1) is 27.8 Å². The second-order valence-corrected chi connectivity index (χ2v) is 10.0. The number of hydrogen-bond donors (Lipinski definition) is 0. The van der Waals surface area contributed by atoms with Gasteiger partial charge in [0.15, 0.2) is 0 Å². The van der Waals surface area contributed by atoms with Crippen LogP contribution in [0.5, 0.6) is 0 Å². The van der Waals surface area contributed by atoms with Gasteiger partial charge in [0, 0.05) is 21.5 Å². The van der Waals surface area contributed by atoms with E-state index in [1.165, 1.54) is 48.9 Å². The summed E-state index contributed by atoms with van der Waals surface area (Å²) in [7, 11) is -0.376. The summed E-state index contributed by atoms with van der Waals surface area (Å²) in [6, 6.07) is 26.4. The molecule has 7 rings (SSSR count). The van der Waals surface area contributed by atoms with E-state index in [1.54, 1.807) is 0 Å². The van der Waals surface area contributed by atoms with Crippen molar-refractivity contribution in [2.24, 2.45) is 0 Å². The van der Waals surface area contributed by atoms with Crippen molar-refractivity contribution in [1.29, 1.82) is 0 Å². The maximum Gasteiger partial charge on any atom is 0.495 e. The van der Waals surface area contributed by atoms with Crippen LogP contribution in [0.4, 0.5) is 0 Å². The molecular weight excluding hydrogens is 393 g/mol. The molecule has 0 atom stereocenters. The van der Waals surface area contributed by atoms with Gasteiger partial charge in [-0.25, -0.2) is 0 Å². The third-order valence-electron chi connectivity index (χ3n) is 7.79. The average Bonchev–Trinajstić information content (AvgIpc) is 3.37. The Bertz CT molecular complexity index is 1680. The Morgan fingerprint density at radius 2 is 1.25 bits per heavy atom. The van der Waals surface area contributed by atoms with Crippen molar-refractivity contribution in [3.05, 3.63) is 72.8 Å². The highest BCUT2D eigenvalue weighted by molar-refractivity contribution is 6.65. The van der Waals surface area contributed by atoms with Crippen LogP contribution < -0.4 is 5.46 Å². The number of rotatable bonds is 1. The summed E-state index contributed by atoms with van der Waals surface area (Å²) in [5, 5.41) is 7.65. The lowest BCUT2D eigenvalue weighted by Crippen LogP contribution is -2.41. The predicted octanol–water partition coefficient (Wildman–Crippen LogP) is 6.29. The molecular formula is C28H24BNO2. The van der Waals surface area contributed by atoms with Crippen molar-refractivity contribution in [3.63, 3.8) is 0 Å². The van der Waals surface area contributed by atoms with Crippen LogP contribution in [-0.2, 0) is 9.31 Å².